The van der Waals surface area contributed by atoms with Crippen LogP contribution in [0.4, 0.5) is 4.79 Å². The van der Waals surface area contributed by atoms with Gasteiger partial charge in [-0.05, 0) is 33.7 Å². The lowest BCUT2D eigenvalue weighted by molar-refractivity contribution is -0.140. The molecule has 3 N–H and O–H groups in total. The zero-order chi connectivity index (χ0) is 18.1. The maximum absolute atomic E-state index is 12.2. The molecule has 2 bridgehead atoms. The summed E-state index contributed by atoms with van der Waals surface area (Å²) in [5.74, 6) is -0.498. The summed E-state index contributed by atoms with van der Waals surface area (Å²) in [6.45, 7) is 4.13. The van der Waals surface area contributed by atoms with E-state index in [1.807, 2.05) is 13.8 Å². The van der Waals surface area contributed by atoms with Gasteiger partial charge in [-0.3, -0.25) is 14.2 Å². The lowest BCUT2D eigenvalue weighted by Crippen LogP contribution is -2.51. The number of carbonyl (C=O) groups is 2. The maximum Gasteiger partial charge on any atom is 0.418 e. The van der Waals surface area contributed by atoms with Crippen LogP contribution in [0.1, 0.15) is 26.7 Å². The van der Waals surface area contributed by atoms with Crippen molar-refractivity contribution in [1.82, 2.24) is 20.8 Å². The van der Waals surface area contributed by atoms with Gasteiger partial charge in [-0.1, -0.05) is 0 Å². The van der Waals surface area contributed by atoms with Gasteiger partial charge >= 0.3 is 16.4 Å². The maximum atomic E-state index is 12.2. The topological polar surface area (TPSA) is 138 Å². The zero-order valence-electron chi connectivity index (χ0n) is 13.7. The van der Waals surface area contributed by atoms with Gasteiger partial charge in [-0.25, -0.2) is 10.3 Å². The van der Waals surface area contributed by atoms with Crippen molar-refractivity contribution in [3.8, 4) is 0 Å². The SMILES string of the molecule is CNC(C)(C)CONC(=O)[C@@H]1CC[C@@H]2CN1C(=O)N2OS(=O)(=O)O. The minimum atomic E-state index is -4.80. The molecule has 0 saturated carbocycles. The van der Waals surface area contributed by atoms with Crippen LogP contribution in [0.3, 0.4) is 0 Å². The lowest BCUT2D eigenvalue weighted by atomic mass is 10.0. The number of fused-ring (bicyclic) bond motifs is 2. The average Bonchev–Trinajstić information content (AvgIpc) is 2.71. The number of amides is 3. The van der Waals surface area contributed by atoms with Gasteiger partial charge in [0.25, 0.3) is 5.91 Å². The third kappa shape index (κ3) is 4.33. The molecule has 2 heterocycles. The molecule has 0 aromatic carbocycles. The molecule has 0 aromatic heterocycles. The Bertz CT molecular complexity index is 609. The minimum absolute atomic E-state index is 0.133. The molecule has 12 heteroatoms. The molecule has 2 rings (SSSR count). The first-order valence-electron chi connectivity index (χ1n) is 7.41. The van der Waals surface area contributed by atoms with Crippen molar-refractivity contribution in [2.45, 2.75) is 44.3 Å². The number of nitrogens with zero attached hydrogens (tertiary/aromatic N) is 2. The molecule has 24 heavy (non-hydrogen) atoms. The van der Waals surface area contributed by atoms with Gasteiger partial charge in [0.1, 0.15) is 6.04 Å². The van der Waals surface area contributed by atoms with E-state index >= 15 is 0 Å². The number of hydrogen-bond acceptors (Lipinski definition) is 7. The number of rotatable bonds is 7. The van der Waals surface area contributed by atoms with Gasteiger partial charge in [0.2, 0.25) is 0 Å². The Hall–Kier alpha value is -1.47. The largest absolute Gasteiger partial charge is 0.418 e. The number of piperidine rings is 1. The van der Waals surface area contributed by atoms with Gasteiger partial charge in [0.15, 0.2) is 0 Å². The van der Waals surface area contributed by atoms with Crippen LogP contribution in [0.5, 0.6) is 0 Å². The van der Waals surface area contributed by atoms with Crippen LogP contribution < -0.4 is 10.8 Å². The molecule has 2 fully saturated rings. The Morgan fingerprint density at radius 2 is 2.08 bits per heavy atom. The fourth-order valence-electron chi connectivity index (χ4n) is 2.53. The molecule has 0 unspecified atom stereocenters. The molecule has 11 nitrogen and oxygen atoms in total. The van der Waals surface area contributed by atoms with Crippen molar-refractivity contribution in [1.29, 1.82) is 0 Å². The average molecular weight is 366 g/mol. The van der Waals surface area contributed by atoms with Crippen LogP contribution in [0.25, 0.3) is 0 Å². The zero-order valence-corrected chi connectivity index (χ0v) is 14.5. The van der Waals surface area contributed by atoms with Crippen LogP contribution in [0, 0.1) is 0 Å². The van der Waals surface area contributed by atoms with Crippen LogP contribution in [0.15, 0.2) is 0 Å². The molecular weight excluding hydrogens is 344 g/mol. The third-order valence-electron chi connectivity index (χ3n) is 4.08. The van der Waals surface area contributed by atoms with E-state index in [1.54, 1.807) is 7.05 Å². The summed E-state index contributed by atoms with van der Waals surface area (Å²) >= 11 is 0. The van der Waals surface area contributed by atoms with Crippen molar-refractivity contribution in [3.05, 3.63) is 0 Å². The number of hydrogen-bond donors (Lipinski definition) is 3. The second-order valence-corrected chi connectivity index (χ2v) is 7.40. The number of hydroxylamine groups is 3. The molecule has 138 valence electrons. The Morgan fingerprint density at radius 1 is 1.42 bits per heavy atom. The highest BCUT2D eigenvalue weighted by molar-refractivity contribution is 7.80. The first-order valence-corrected chi connectivity index (χ1v) is 8.78. The molecule has 3 amide bonds. The number of likely N-dealkylation sites (N-methyl/N-ethyl adjacent to an activating group) is 1. The summed E-state index contributed by atoms with van der Waals surface area (Å²) < 4.78 is 34.7. The highest BCUT2D eigenvalue weighted by Crippen LogP contribution is 2.30. The van der Waals surface area contributed by atoms with Crippen molar-refractivity contribution in [2.75, 3.05) is 20.2 Å². The normalized spacial score (nSPS) is 24.4. The molecule has 0 aliphatic carbocycles. The minimum Gasteiger partial charge on any atom is -0.313 e. The first kappa shape index (κ1) is 18.9. The fourth-order valence-corrected chi connectivity index (χ4v) is 2.92. The van der Waals surface area contributed by atoms with E-state index in [9.17, 15) is 18.0 Å². The van der Waals surface area contributed by atoms with Gasteiger partial charge in [0, 0.05) is 12.1 Å². The summed E-state index contributed by atoms with van der Waals surface area (Å²) in [6, 6.07) is -2.11. The van der Waals surface area contributed by atoms with E-state index in [0.717, 1.165) is 0 Å². The van der Waals surface area contributed by atoms with E-state index in [0.29, 0.717) is 17.9 Å². The molecule has 0 spiro atoms. The Morgan fingerprint density at radius 3 is 2.67 bits per heavy atom. The smallest absolute Gasteiger partial charge is 0.313 e. The molecule has 0 radical (unpaired) electrons. The molecule has 2 saturated heterocycles. The summed E-state index contributed by atoms with van der Waals surface area (Å²) in [6.07, 6.45) is 0.685. The summed E-state index contributed by atoms with van der Waals surface area (Å²) in [5, 5.41) is 3.60. The predicted molar refractivity (Wildman–Crippen MR) is 80.6 cm³/mol. The lowest BCUT2D eigenvalue weighted by Gasteiger charge is -2.29. The third-order valence-corrected chi connectivity index (χ3v) is 4.43. The fraction of sp³-hybridized carbons (Fsp3) is 0.833. The standard InChI is InChI=1S/C12H22N4O7S/c1-12(2,13-3)7-22-14-10(17)9-5-4-8-6-15(9)11(18)16(8)23-24(19,20)21/h8-9,13H,4-7H2,1-3H3,(H,14,17)(H,19,20,21)/t8-,9+/m1/s1. The van der Waals surface area contributed by atoms with Crippen LogP contribution in [-0.2, 0) is 24.3 Å². The first-order chi connectivity index (χ1) is 11.0. The summed E-state index contributed by atoms with van der Waals surface area (Å²) in [4.78, 5) is 30.8. The highest BCUT2D eigenvalue weighted by Gasteiger charge is 2.49. The van der Waals surface area contributed by atoms with E-state index in [4.69, 9.17) is 9.39 Å². The van der Waals surface area contributed by atoms with Crippen molar-refractivity contribution in [2.24, 2.45) is 0 Å². The van der Waals surface area contributed by atoms with Crippen molar-refractivity contribution >= 4 is 22.3 Å². The van der Waals surface area contributed by atoms with Gasteiger partial charge in [-0.15, -0.1) is 4.28 Å². The molecule has 0 aromatic rings. The van der Waals surface area contributed by atoms with Crippen LogP contribution in [-0.4, -0.2) is 72.7 Å². The molecule has 2 aliphatic heterocycles. The van der Waals surface area contributed by atoms with E-state index in [1.165, 1.54) is 4.90 Å². The second kappa shape index (κ2) is 6.80. The van der Waals surface area contributed by atoms with E-state index in [-0.39, 0.29) is 18.7 Å². The van der Waals surface area contributed by atoms with Gasteiger partial charge in [-0.2, -0.15) is 13.5 Å². The predicted octanol–water partition coefficient (Wildman–Crippen LogP) is -0.965. The monoisotopic (exact) mass is 366 g/mol. The second-order valence-electron chi connectivity index (χ2n) is 6.40. The van der Waals surface area contributed by atoms with Gasteiger partial charge < -0.3 is 10.2 Å². The van der Waals surface area contributed by atoms with Crippen LogP contribution in [0.2, 0.25) is 0 Å². The Balaban J connectivity index is 1.94. The number of urea groups is 1. The summed E-state index contributed by atoms with van der Waals surface area (Å²) in [5.41, 5.74) is 1.97. The van der Waals surface area contributed by atoms with E-state index < -0.39 is 34.4 Å². The summed E-state index contributed by atoms with van der Waals surface area (Å²) in [7, 11) is -3.04. The van der Waals surface area contributed by atoms with Crippen molar-refractivity contribution < 1.29 is 31.7 Å². The quantitative estimate of drug-likeness (QED) is 0.387. The van der Waals surface area contributed by atoms with Gasteiger partial charge in [0.05, 0.1) is 12.6 Å². The highest BCUT2D eigenvalue weighted by atomic mass is 32.3. The Kier molecular flexibility index (Phi) is 5.34. The molecule has 2 atom stereocenters. The van der Waals surface area contributed by atoms with E-state index in [2.05, 4.69) is 15.1 Å². The number of carbonyl (C=O) groups excluding carboxylic acids is 2. The van der Waals surface area contributed by atoms with Crippen LogP contribution >= 0.6 is 0 Å². The number of nitrogens with one attached hydrogen (secondary N) is 2. The molecule has 2 aliphatic rings. The van der Waals surface area contributed by atoms with Crippen molar-refractivity contribution in [3.63, 3.8) is 0 Å². The Labute approximate surface area is 140 Å². The molecular formula is C12H22N4O7S.